The molecule has 0 fully saturated rings. The Morgan fingerprint density at radius 3 is 1.85 bits per heavy atom. The number of alkyl halides is 6. The summed E-state index contributed by atoms with van der Waals surface area (Å²) in [5, 5.41) is 8.36. The molecule has 1 aromatic carbocycles. The van der Waals surface area contributed by atoms with E-state index in [1.807, 2.05) is 18.2 Å². The summed E-state index contributed by atoms with van der Waals surface area (Å²) in [5.41, 5.74) is -0.136. The second kappa shape index (κ2) is 7.50. The van der Waals surface area contributed by atoms with Gasteiger partial charge >= 0.3 is 12.4 Å². The van der Waals surface area contributed by atoms with Crippen LogP contribution < -0.4 is 0 Å². The third-order valence-electron chi connectivity index (χ3n) is 4.62. The molecule has 3 rings (SSSR count). The van der Waals surface area contributed by atoms with Crippen molar-refractivity contribution in [1.82, 2.24) is 0 Å². The van der Waals surface area contributed by atoms with Crippen molar-refractivity contribution in [3.63, 3.8) is 0 Å². The van der Waals surface area contributed by atoms with Gasteiger partial charge in [0.1, 0.15) is 0 Å². The van der Waals surface area contributed by atoms with E-state index in [0.717, 1.165) is 24.0 Å². The Balaban J connectivity index is 0.000000195. The van der Waals surface area contributed by atoms with Crippen molar-refractivity contribution in [2.45, 2.75) is 50.1 Å². The molecule has 1 aromatic rings. The third-order valence-corrected chi connectivity index (χ3v) is 4.62. The fourth-order valence-electron chi connectivity index (χ4n) is 3.16. The van der Waals surface area contributed by atoms with Crippen LogP contribution in [-0.2, 0) is 0 Å². The molecule has 27 heavy (non-hydrogen) atoms. The van der Waals surface area contributed by atoms with E-state index in [1.54, 1.807) is 0 Å². The van der Waals surface area contributed by atoms with Gasteiger partial charge in [-0.05, 0) is 36.8 Å². The summed E-state index contributed by atoms with van der Waals surface area (Å²) < 4.78 is 70.6. The smallest absolute Gasteiger partial charge is 0.373 e. The van der Waals surface area contributed by atoms with Crippen molar-refractivity contribution in [3.05, 3.63) is 53.6 Å². The highest BCUT2D eigenvalue weighted by molar-refractivity contribution is 6.20. The van der Waals surface area contributed by atoms with Crippen LogP contribution in [0.1, 0.15) is 48.0 Å². The van der Waals surface area contributed by atoms with Crippen LogP contribution in [0.4, 0.5) is 26.3 Å². The Labute approximate surface area is 152 Å². The minimum absolute atomic E-state index is 0.287. The first-order valence-corrected chi connectivity index (χ1v) is 8.27. The van der Waals surface area contributed by atoms with Gasteiger partial charge in [-0.15, -0.1) is 6.58 Å². The number of carbonyl (C=O) groups is 1. The summed E-state index contributed by atoms with van der Waals surface area (Å²) in [6, 6.07) is 8.02. The van der Waals surface area contributed by atoms with Crippen LogP contribution in [0, 0.1) is 0 Å². The maximum Gasteiger partial charge on any atom is 0.426 e. The number of hydrogen-bond acceptors (Lipinski definition) is 2. The lowest BCUT2D eigenvalue weighted by molar-refractivity contribution is -0.366. The molecule has 0 heterocycles. The summed E-state index contributed by atoms with van der Waals surface area (Å²) in [6.07, 6.45) is -8.25. The predicted octanol–water partition coefficient (Wildman–Crippen LogP) is 5.63. The largest absolute Gasteiger partial charge is 0.426 e. The zero-order valence-electron chi connectivity index (χ0n) is 14.3. The quantitative estimate of drug-likeness (QED) is 0.523. The number of fused-ring (bicyclic) bond motifs is 2. The molecule has 8 heteroatoms. The molecule has 2 nitrogen and oxygen atoms in total. The average molecular weight is 392 g/mol. The van der Waals surface area contributed by atoms with Crippen molar-refractivity contribution in [3.8, 4) is 0 Å². The molecule has 148 valence electrons. The highest BCUT2D eigenvalue weighted by atomic mass is 19.4. The van der Waals surface area contributed by atoms with E-state index in [9.17, 15) is 31.1 Å². The van der Waals surface area contributed by atoms with E-state index in [4.69, 9.17) is 5.11 Å². The molecule has 0 atom stereocenters. The Morgan fingerprint density at radius 1 is 0.926 bits per heavy atom. The fourth-order valence-corrected chi connectivity index (χ4v) is 3.16. The number of hydrogen-bond donors (Lipinski definition) is 1. The molecule has 0 aliphatic heterocycles. The number of Topliss-reactive ketones (excluding diaryl/α,β-unsaturated/α-hetero) is 1. The first kappa shape index (κ1) is 21.2. The van der Waals surface area contributed by atoms with Crippen LogP contribution in [0.25, 0.3) is 5.57 Å². The van der Waals surface area contributed by atoms with Crippen molar-refractivity contribution in [2.75, 3.05) is 0 Å². The molecule has 0 bridgehead atoms. The van der Waals surface area contributed by atoms with Crippen LogP contribution in [0.5, 0.6) is 0 Å². The van der Waals surface area contributed by atoms with E-state index in [2.05, 4.69) is 12.6 Å². The summed E-state index contributed by atoms with van der Waals surface area (Å²) >= 11 is 0. The molecule has 0 saturated carbocycles. The van der Waals surface area contributed by atoms with Crippen LogP contribution in [0.15, 0.2) is 42.5 Å². The van der Waals surface area contributed by atoms with Crippen LogP contribution in [0.3, 0.4) is 0 Å². The average Bonchev–Trinajstić information content (AvgIpc) is 2.88. The zero-order chi connectivity index (χ0) is 20.5. The van der Waals surface area contributed by atoms with Gasteiger partial charge in [-0.2, -0.15) is 26.3 Å². The first-order valence-electron chi connectivity index (χ1n) is 8.27. The topological polar surface area (TPSA) is 37.3 Å². The summed E-state index contributed by atoms with van der Waals surface area (Å²) in [6.45, 7) is 2.71. The SMILES string of the molecule is C=CCC(O)(C(F)(F)F)C(F)(F)F.O=C1C2=C(CCCC2)c2ccccc21. The maximum absolute atomic E-state index is 12.0. The lowest BCUT2D eigenvalue weighted by Crippen LogP contribution is -2.56. The standard InChI is InChI=1S/C13H12O.C6H6F6O/c14-13-11-7-3-1-5-9(11)10-6-2-4-8-12(10)13;1-2-3-4(13,5(7,8)9)6(10,11)12/h1,3,5,7H,2,4,6,8H2;2,13H,1,3H2. The fraction of sp³-hybridized carbons (Fsp3) is 0.421. The summed E-state index contributed by atoms with van der Waals surface area (Å²) in [7, 11) is 0. The number of rotatable bonds is 2. The Morgan fingerprint density at radius 2 is 1.41 bits per heavy atom. The van der Waals surface area contributed by atoms with Crippen molar-refractivity contribution < 1.29 is 36.2 Å². The van der Waals surface area contributed by atoms with E-state index in [1.165, 1.54) is 24.0 Å². The number of allylic oxidation sites excluding steroid dienone is 2. The summed E-state index contributed by atoms with van der Waals surface area (Å²) in [5.74, 6) is 0.287. The lowest BCUT2D eigenvalue weighted by atomic mass is 9.92. The molecule has 0 spiro atoms. The molecule has 0 unspecified atom stereocenters. The monoisotopic (exact) mass is 392 g/mol. The molecule has 2 aliphatic carbocycles. The minimum Gasteiger partial charge on any atom is -0.373 e. The third kappa shape index (κ3) is 3.95. The van der Waals surface area contributed by atoms with E-state index in [0.29, 0.717) is 6.08 Å². The zero-order valence-corrected chi connectivity index (χ0v) is 14.3. The van der Waals surface area contributed by atoms with Crippen molar-refractivity contribution >= 4 is 11.4 Å². The first-order chi connectivity index (χ1) is 12.4. The molecular weight excluding hydrogens is 374 g/mol. The van der Waals surface area contributed by atoms with Crippen LogP contribution >= 0.6 is 0 Å². The summed E-state index contributed by atoms with van der Waals surface area (Å²) in [4.78, 5) is 12.0. The molecular formula is C19H18F6O2. The number of ketones is 1. The molecule has 0 aromatic heterocycles. The molecule has 2 aliphatic rings. The molecule has 1 N–H and O–H groups in total. The second-order valence-corrected chi connectivity index (χ2v) is 6.39. The Hall–Kier alpha value is -2.09. The van der Waals surface area contributed by atoms with Gasteiger partial charge in [0, 0.05) is 17.6 Å². The Bertz CT molecular complexity index is 744. The second-order valence-electron chi connectivity index (χ2n) is 6.39. The van der Waals surface area contributed by atoms with Gasteiger partial charge in [0.05, 0.1) is 0 Å². The lowest BCUT2D eigenvalue weighted by Gasteiger charge is -2.31. The van der Waals surface area contributed by atoms with E-state index >= 15 is 0 Å². The number of aliphatic hydroxyl groups is 1. The number of carbonyl (C=O) groups excluding carboxylic acids is 1. The molecule has 0 saturated heterocycles. The Kier molecular flexibility index (Phi) is 5.89. The van der Waals surface area contributed by atoms with E-state index in [-0.39, 0.29) is 5.78 Å². The minimum atomic E-state index is -5.75. The van der Waals surface area contributed by atoms with Crippen LogP contribution in [-0.4, -0.2) is 28.8 Å². The van der Waals surface area contributed by atoms with Crippen LogP contribution in [0.2, 0.25) is 0 Å². The van der Waals surface area contributed by atoms with Crippen molar-refractivity contribution in [1.29, 1.82) is 0 Å². The van der Waals surface area contributed by atoms with Gasteiger partial charge in [-0.3, -0.25) is 4.79 Å². The van der Waals surface area contributed by atoms with Gasteiger partial charge in [0.2, 0.25) is 0 Å². The molecule has 0 radical (unpaired) electrons. The van der Waals surface area contributed by atoms with Gasteiger partial charge in [-0.25, -0.2) is 0 Å². The predicted molar refractivity (Wildman–Crippen MR) is 88.0 cm³/mol. The number of halogens is 6. The highest BCUT2D eigenvalue weighted by Gasteiger charge is 2.69. The maximum atomic E-state index is 12.0. The van der Waals surface area contributed by atoms with Gasteiger partial charge in [-0.1, -0.05) is 30.3 Å². The van der Waals surface area contributed by atoms with Gasteiger partial charge in [0.25, 0.3) is 5.60 Å². The normalized spacial score (nSPS) is 17.1. The van der Waals surface area contributed by atoms with Gasteiger partial charge in [0.15, 0.2) is 5.78 Å². The molecule has 0 amide bonds. The van der Waals surface area contributed by atoms with E-state index < -0.39 is 24.4 Å². The van der Waals surface area contributed by atoms with Crippen molar-refractivity contribution in [2.24, 2.45) is 0 Å². The number of benzene rings is 1. The highest BCUT2D eigenvalue weighted by Crippen LogP contribution is 2.45. The van der Waals surface area contributed by atoms with Gasteiger partial charge < -0.3 is 5.11 Å².